The van der Waals surface area contributed by atoms with Crippen LogP contribution in [-0.4, -0.2) is 26.2 Å². The molecule has 1 amide bonds. The number of benzene rings is 1. The zero-order chi connectivity index (χ0) is 14.3. The van der Waals surface area contributed by atoms with Crippen molar-refractivity contribution >= 4 is 11.6 Å². The zero-order valence-electron chi connectivity index (χ0n) is 10.6. The van der Waals surface area contributed by atoms with E-state index in [1.807, 2.05) is 5.43 Å². The molecule has 0 aliphatic heterocycles. The molecule has 0 saturated carbocycles. The first-order valence-electron chi connectivity index (χ1n) is 5.83. The Kier molecular flexibility index (Phi) is 6.17. The molecule has 19 heavy (non-hydrogen) atoms. The molecule has 106 valence electrons. The minimum atomic E-state index is -0.910. The lowest BCUT2D eigenvalue weighted by Crippen LogP contribution is -2.25. The molecule has 1 rings (SSSR count). The number of halogens is 2. The molecular weight excluding hydrogens is 256 g/mol. The van der Waals surface area contributed by atoms with E-state index >= 15 is 0 Å². The van der Waals surface area contributed by atoms with Gasteiger partial charge in [-0.05, 0) is 25.0 Å². The third kappa shape index (κ3) is 4.46. The van der Waals surface area contributed by atoms with Gasteiger partial charge in [-0.25, -0.2) is 8.78 Å². The number of anilines is 1. The normalized spacial score (nSPS) is 10.3. The average molecular weight is 273 g/mol. The van der Waals surface area contributed by atoms with E-state index in [2.05, 4.69) is 5.32 Å². The first-order valence-corrected chi connectivity index (χ1v) is 5.83. The highest BCUT2D eigenvalue weighted by molar-refractivity contribution is 5.94. The molecule has 7 heteroatoms. The van der Waals surface area contributed by atoms with Gasteiger partial charge in [-0.15, -0.1) is 0 Å². The SMILES string of the molecule is COCCCCNC(=O)c1cc(F)c(NN)c(F)c1. The monoisotopic (exact) mass is 273 g/mol. The molecule has 0 bridgehead atoms. The van der Waals surface area contributed by atoms with Gasteiger partial charge in [-0.3, -0.25) is 10.6 Å². The van der Waals surface area contributed by atoms with Gasteiger partial charge in [0.15, 0.2) is 11.6 Å². The van der Waals surface area contributed by atoms with Crippen LogP contribution in [0.1, 0.15) is 23.2 Å². The Morgan fingerprint density at radius 1 is 1.32 bits per heavy atom. The van der Waals surface area contributed by atoms with Crippen LogP contribution in [0.4, 0.5) is 14.5 Å². The van der Waals surface area contributed by atoms with E-state index in [4.69, 9.17) is 10.6 Å². The van der Waals surface area contributed by atoms with Gasteiger partial charge < -0.3 is 15.5 Å². The predicted molar refractivity (Wildman–Crippen MR) is 67.6 cm³/mol. The fourth-order valence-corrected chi connectivity index (χ4v) is 1.52. The highest BCUT2D eigenvalue weighted by atomic mass is 19.1. The number of unbranched alkanes of at least 4 members (excludes halogenated alkanes) is 1. The zero-order valence-corrected chi connectivity index (χ0v) is 10.6. The third-order valence-corrected chi connectivity index (χ3v) is 2.51. The third-order valence-electron chi connectivity index (χ3n) is 2.51. The second kappa shape index (κ2) is 7.65. The molecule has 0 radical (unpaired) electrons. The highest BCUT2D eigenvalue weighted by Crippen LogP contribution is 2.19. The smallest absolute Gasteiger partial charge is 0.251 e. The number of amides is 1. The van der Waals surface area contributed by atoms with E-state index in [1.165, 1.54) is 0 Å². The maximum Gasteiger partial charge on any atom is 0.251 e. The summed E-state index contributed by atoms with van der Waals surface area (Å²) in [5, 5.41) is 2.57. The topological polar surface area (TPSA) is 76.4 Å². The van der Waals surface area contributed by atoms with Crippen LogP contribution in [0.5, 0.6) is 0 Å². The van der Waals surface area contributed by atoms with Crippen molar-refractivity contribution in [3.8, 4) is 0 Å². The van der Waals surface area contributed by atoms with E-state index in [9.17, 15) is 13.6 Å². The van der Waals surface area contributed by atoms with Crippen molar-refractivity contribution in [2.45, 2.75) is 12.8 Å². The van der Waals surface area contributed by atoms with Crippen LogP contribution < -0.4 is 16.6 Å². The van der Waals surface area contributed by atoms with Crippen LogP contribution in [0.25, 0.3) is 0 Å². The molecule has 0 saturated heterocycles. The van der Waals surface area contributed by atoms with Crippen molar-refractivity contribution in [3.63, 3.8) is 0 Å². The maximum absolute atomic E-state index is 13.4. The lowest BCUT2D eigenvalue weighted by Gasteiger charge is -2.08. The predicted octanol–water partition coefficient (Wildman–Crippen LogP) is 1.41. The van der Waals surface area contributed by atoms with Crippen LogP contribution in [0.2, 0.25) is 0 Å². The number of ether oxygens (including phenoxy) is 1. The Balaban J connectivity index is 2.58. The number of hydrogen-bond acceptors (Lipinski definition) is 4. The first-order chi connectivity index (χ1) is 9.10. The molecule has 0 heterocycles. The van der Waals surface area contributed by atoms with Gasteiger partial charge in [0.1, 0.15) is 5.69 Å². The molecular formula is C12H17F2N3O2. The summed E-state index contributed by atoms with van der Waals surface area (Å²) in [7, 11) is 1.59. The van der Waals surface area contributed by atoms with Crippen molar-refractivity contribution in [2.75, 3.05) is 25.7 Å². The molecule has 0 spiro atoms. The van der Waals surface area contributed by atoms with Gasteiger partial charge in [-0.2, -0.15) is 0 Å². The van der Waals surface area contributed by atoms with Gasteiger partial charge in [0.25, 0.3) is 5.91 Å². The average Bonchev–Trinajstić information content (AvgIpc) is 2.38. The van der Waals surface area contributed by atoms with Crippen LogP contribution in [-0.2, 0) is 4.74 Å². The molecule has 4 N–H and O–H groups in total. The molecule has 5 nitrogen and oxygen atoms in total. The van der Waals surface area contributed by atoms with Gasteiger partial charge in [0.05, 0.1) is 0 Å². The lowest BCUT2D eigenvalue weighted by atomic mass is 10.1. The Bertz CT molecular complexity index is 418. The standard InChI is InChI=1S/C12H17F2N3O2/c1-19-5-3-2-4-16-12(18)8-6-9(13)11(17-15)10(14)7-8/h6-7,17H,2-5,15H2,1H3,(H,16,18). The van der Waals surface area contributed by atoms with E-state index < -0.39 is 23.2 Å². The Hall–Kier alpha value is -1.73. The number of carbonyl (C=O) groups excluding carboxylic acids is 1. The van der Waals surface area contributed by atoms with Crippen LogP contribution in [0.15, 0.2) is 12.1 Å². The molecule has 0 fully saturated rings. The van der Waals surface area contributed by atoms with Crippen LogP contribution in [0.3, 0.4) is 0 Å². The van der Waals surface area contributed by atoms with Gasteiger partial charge in [0, 0.05) is 25.8 Å². The van der Waals surface area contributed by atoms with E-state index in [1.54, 1.807) is 7.11 Å². The Morgan fingerprint density at radius 2 is 1.95 bits per heavy atom. The maximum atomic E-state index is 13.4. The fourth-order valence-electron chi connectivity index (χ4n) is 1.52. The molecule has 0 atom stereocenters. The number of nitrogens with two attached hydrogens (primary N) is 1. The fraction of sp³-hybridized carbons (Fsp3) is 0.417. The van der Waals surface area contributed by atoms with E-state index in [-0.39, 0.29) is 5.56 Å². The largest absolute Gasteiger partial charge is 0.385 e. The van der Waals surface area contributed by atoms with Crippen molar-refractivity contribution in [1.29, 1.82) is 0 Å². The summed E-state index contributed by atoms with van der Waals surface area (Å²) in [5.41, 5.74) is 1.36. The highest BCUT2D eigenvalue weighted by Gasteiger charge is 2.14. The Labute approximate surface area is 110 Å². The van der Waals surface area contributed by atoms with Crippen molar-refractivity contribution in [2.24, 2.45) is 5.84 Å². The van der Waals surface area contributed by atoms with Gasteiger partial charge in [0.2, 0.25) is 0 Å². The number of methoxy groups -OCH3 is 1. The number of hydrogen-bond donors (Lipinski definition) is 3. The van der Waals surface area contributed by atoms with Crippen molar-refractivity contribution < 1.29 is 18.3 Å². The first kappa shape index (κ1) is 15.3. The molecule has 0 aliphatic rings. The van der Waals surface area contributed by atoms with Crippen molar-refractivity contribution in [3.05, 3.63) is 29.3 Å². The summed E-state index contributed by atoms with van der Waals surface area (Å²) in [6, 6.07) is 1.87. The minimum Gasteiger partial charge on any atom is -0.385 e. The minimum absolute atomic E-state index is 0.0826. The second-order valence-corrected chi connectivity index (χ2v) is 3.92. The molecule has 0 aliphatic carbocycles. The number of hydrazine groups is 1. The van der Waals surface area contributed by atoms with Crippen LogP contribution in [0, 0.1) is 11.6 Å². The molecule has 0 aromatic heterocycles. The Morgan fingerprint density at radius 3 is 2.47 bits per heavy atom. The van der Waals surface area contributed by atoms with E-state index in [0.29, 0.717) is 13.2 Å². The summed E-state index contributed by atoms with van der Waals surface area (Å²) in [6.07, 6.45) is 1.53. The van der Waals surface area contributed by atoms with Gasteiger partial charge >= 0.3 is 0 Å². The summed E-state index contributed by atoms with van der Waals surface area (Å²) >= 11 is 0. The van der Waals surface area contributed by atoms with Crippen LogP contribution >= 0.6 is 0 Å². The quantitative estimate of drug-likeness (QED) is 0.399. The molecule has 0 unspecified atom stereocenters. The number of carbonyl (C=O) groups is 1. The van der Waals surface area contributed by atoms with Crippen molar-refractivity contribution in [1.82, 2.24) is 5.32 Å². The van der Waals surface area contributed by atoms with E-state index in [0.717, 1.165) is 25.0 Å². The summed E-state index contributed by atoms with van der Waals surface area (Å²) < 4.78 is 31.6. The number of nitrogen functional groups attached to an aromatic ring is 1. The molecule has 1 aromatic carbocycles. The second-order valence-electron chi connectivity index (χ2n) is 3.92. The number of nitrogens with one attached hydrogen (secondary N) is 2. The lowest BCUT2D eigenvalue weighted by molar-refractivity contribution is 0.0950. The summed E-state index contributed by atoms with van der Waals surface area (Å²) in [6.45, 7) is 1.03. The summed E-state index contributed by atoms with van der Waals surface area (Å²) in [5.74, 6) is 2.61. The number of rotatable bonds is 7. The van der Waals surface area contributed by atoms with Gasteiger partial charge in [-0.1, -0.05) is 0 Å². The molecule has 1 aromatic rings. The summed E-state index contributed by atoms with van der Waals surface area (Å²) in [4.78, 5) is 11.7.